The lowest BCUT2D eigenvalue weighted by Crippen LogP contribution is -2.40. The Morgan fingerprint density at radius 1 is 1.27 bits per heavy atom. The van der Waals surface area contributed by atoms with Crippen molar-refractivity contribution in [3.05, 3.63) is 59.9 Å². The lowest BCUT2D eigenvalue weighted by atomic mass is 9.98. The molecule has 2 aromatic rings. The highest BCUT2D eigenvalue weighted by atomic mass is 127. The summed E-state index contributed by atoms with van der Waals surface area (Å²) in [4.78, 5) is 23.0. The second kappa shape index (κ2) is 12.4. The van der Waals surface area contributed by atoms with Crippen LogP contribution in [0.5, 0.6) is 5.75 Å². The van der Waals surface area contributed by atoms with Gasteiger partial charge in [0.05, 0.1) is 19.2 Å². The van der Waals surface area contributed by atoms with Crippen LogP contribution in [-0.4, -0.2) is 61.6 Å². The van der Waals surface area contributed by atoms with Gasteiger partial charge in [0, 0.05) is 44.5 Å². The zero-order chi connectivity index (χ0) is 20.5. The van der Waals surface area contributed by atoms with Crippen LogP contribution >= 0.6 is 24.0 Å². The minimum absolute atomic E-state index is 0. The van der Waals surface area contributed by atoms with Crippen molar-refractivity contribution in [3.63, 3.8) is 0 Å². The van der Waals surface area contributed by atoms with Gasteiger partial charge in [-0.2, -0.15) is 0 Å². The number of aliphatic imine (C=N–C) groups is 1. The molecule has 0 saturated carbocycles. The SMILES string of the molecule is CCNC(=NCCNC(=O)c1cccnc1)N1CCC(c2ccc(OC)cc2)C1.I. The number of rotatable bonds is 7. The molecule has 1 aliphatic rings. The normalized spacial score (nSPS) is 16.0. The second-order valence-corrected chi connectivity index (χ2v) is 6.94. The highest BCUT2D eigenvalue weighted by molar-refractivity contribution is 14.0. The van der Waals surface area contributed by atoms with Crippen molar-refractivity contribution in [2.45, 2.75) is 19.3 Å². The Morgan fingerprint density at radius 3 is 2.73 bits per heavy atom. The average Bonchev–Trinajstić information content (AvgIpc) is 3.26. The summed E-state index contributed by atoms with van der Waals surface area (Å²) in [6, 6.07) is 11.8. The summed E-state index contributed by atoms with van der Waals surface area (Å²) in [6.07, 6.45) is 4.31. The lowest BCUT2D eigenvalue weighted by Gasteiger charge is -2.22. The molecular formula is C22H30IN5O2. The van der Waals surface area contributed by atoms with E-state index in [-0.39, 0.29) is 29.9 Å². The third kappa shape index (κ3) is 6.58. The molecule has 3 rings (SSSR count). The van der Waals surface area contributed by atoms with Crippen LogP contribution in [0.2, 0.25) is 0 Å². The molecular weight excluding hydrogens is 493 g/mol. The van der Waals surface area contributed by atoms with Gasteiger partial charge in [-0.25, -0.2) is 0 Å². The molecule has 162 valence electrons. The Labute approximate surface area is 195 Å². The van der Waals surface area contributed by atoms with Gasteiger partial charge in [0.15, 0.2) is 5.96 Å². The Balaban J connectivity index is 0.00000320. The first-order valence-electron chi connectivity index (χ1n) is 10.1. The van der Waals surface area contributed by atoms with Crippen LogP contribution in [0.1, 0.15) is 35.2 Å². The molecule has 1 saturated heterocycles. The maximum atomic E-state index is 12.1. The molecule has 1 unspecified atom stereocenters. The molecule has 2 N–H and O–H groups in total. The number of ether oxygens (including phenoxy) is 1. The molecule has 1 aromatic heterocycles. The first-order chi connectivity index (χ1) is 14.2. The van der Waals surface area contributed by atoms with Gasteiger partial charge >= 0.3 is 0 Å². The molecule has 7 nitrogen and oxygen atoms in total. The van der Waals surface area contributed by atoms with Gasteiger partial charge in [-0.3, -0.25) is 14.8 Å². The smallest absolute Gasteiger partial charge is 0.252 e. The fraction of sp³-hybridized carbons (Fsp3) is 0.409. The van der Waals surface area contributed by atoms with Crippen LogP contribution in [0.4, 0.5) is 0 Å². The van der Waals surface area contributed by atoms with Crippen molar-refractivity contribution < 1.29 is 9.53 Å². The number of guanidine groups is 1. The number of likely N-dealkylation sites (tertiary alicyclic amines) is 1. The Bertz CT molecular complexity index is 814. The Morgan fingerprint density at radius 2 is 2.07 bits per heavy atom. The van der Waals surface area contributed by atoms with Crippen LogP contribution < -0.4 is 15.4 Å². The Kier molecular flexibility index (Phi) is 9.85. The van der Waals surface area contributed by atoms with E-state index in [0.717, 1.165) is 37.8 Å². The number of hydrogen-bond donors (Lipinski definition) is 2. The van der Waals surface area contributed by atoms with Crippen LogP contribution in [-0.2, 0) is 0 Å². The lowest BCUT2D eigenvalue weighted by molar-refractivity contribution is 0.0954. The third-order valence-electron chi connectivity index (χ3n) is 4.99. The van der Waals surface area contributed by atoms with E-state index in [1.165, 1.54) is 5.56 Å². The summed E-state index contributed by atoms with van der Waals surface area (Å²) in [5.74, 6) is 2.14. The molecule has 0 spiro atoms. The van der Waals surface area contributed by atoms with Crippen molar-refractivity contribution in [2.75, 3.05) is 39.8 Å². The van der Waals surface area contributed by atoms with E-state index in [2.05, 4.69) is 39.6 Å². The molecule has 1 aliphatic heterocycles. The molecule has 1 atom stereocenters. The zero-order valence-corrected chi connectivity index (χ0v) is 19.8. The number of aromatic nitrogens is 1. The first-order valence-corrected chi connectivity index (χ1v) is 10.1. The van der Waals surface area contributed by atoms with E-state index in [4.69, 9.17) is 9.73 Å². The molecule has 2 heterocycles. The monoisotopic (exact) mass is 523 g/mol. The number of pyridine rings is 1. The minimum atomic E-state index is -0.126. The van der Waals surface area contributed by atoms with Crippen LogP contribution in [0, 0.1) is 0 Å². The molecule has 0 aliphatic carbocycles. The predicted octanol–water partition coefficient (Wildman–Crippen LogP) is 2.89. The minimum Gasteiger partial charge on any atom is -0.497 e. The summed E-state index contributed by atoms with van der Waals surface area (Å²) in [6.45, 7) is 5.78. The first kappa shape index (κ1) is 23.9. The van der Waals surface area contributed by atoms with Gasteiger partial charge < -0.3 is 20.3 Å². The summed E-state index contributed by atoms with van der Waals surface area (Å²) in [5.41, 5.74) is 1.89. The maximum Gasteiger partial charge on any atom is 0.252 e. The molecule has 0 bridgehead atoms. The molecule has 1 aromatic carbocycles. The number of hydrogen-bond acceptors (Lipinski definition) is 4. The fourth-order valence-electron chi connectivity index (χ4n) is 3.46. The van der Waals surface area contributed by atoms with E-state index >= 15 is 0 Å². The fourth-order valence-corrected chi connectivity index (χ4v) is 3.46. The van der Waals surface area contributed by atoms with E-state index in [1.54, 1.807) is 31.6 Å². The van der Waals surface area contributed by atoms with Crippen molar-refractivity contribution in [3.8, 4) is 5.75 Å². The van der Waals surface area contributed by atoms with E-state index < -0.39 is 0 Å². The topological polar surface area (TPSA) is 78.8 Å². The number of amides is 1. The van der Waals surface area contributed by atoms with Crippen molar-refractivity contribution >= 4 is 35.8 Å². The number of carbonyl (C=O) groups is 1. The number of carbonyl (C=O) groups excluding carboxylic acids is 1. The highest BCUT2D eigenvalue weighted by Crippen LogP contribution is 2.28. The van der Waals surface area contributed by atoms with Crippen molar-refractivity contribution in [2.24, 2.45) is 4.99 Å². The summed E-state index contributed by atoms with van der Waals surface area (Å²) in [5, 5.41) is 6.26. The van der Waals surface area contributed by atoms with Crippen LogP contribution in [0.3, 0.4) is 0 Å². The summed E-state index contributed by atoms with van der Waals surface area (Å²) < 4.78 is 5.25. The molecule has 0 radical (unpaired) electrons. The largest absolute Gasteiger partial charge is 0.497 e. The Hall–Kier alpha value is -2.36. The molecule has 1 amide bonds. The summed E-state index contributed by atoms with van der Waals surface area (Å²) >= 11 is 0. The average molecular weight is 523 g/mol. The quantitative estimate of drug-likeness (QED) is 0.253. The van der Waals surface area contributed by atoms with Crippen LogP contribution in [0.25, 0.3) is 0 Å². The van der Waals surface area contributed by atoms with Crippen molar-refractivity contribution in [1.82, 2.24) is 20.5 Å². The number of nitrogens with one attached hydrogen (secondary N) is 2. The third-order valence-corrected chi connectivity index (χ3v) is 4.99. The summed E-state index contributed by atoms with van der Waals surface area (Å²) in [7, 11) is 1.69. The number of methoxy groups -OCH3 is 1. The van der Waals surface area contributed by atoms with Crippen molar-refractivity contribution in [1.29, 1.82) is 0 Å². The van der Waals surface area contributed by atoms with Gasteiger partial charge in [-0.15, -0.1) is 24.0 Å². The second-order valence-electron chi connectivity index (χ2n) is 6.94. The van der Waals surface area contributed by atoms with Crippen LogP contribution in [0.15, 0.2) is 53.8 Å². The van der Waals surface area contributed by atoms with E-state index in [1.807, 2.05) is 12.1 Å². The molecule has 8 heteroatoms. The van der Waals surface area contributed by atoms with E-state index in [0.29, 0.717) is 24.6 Å². The standard InChI is InChI=1S/C22H29N5O2.HI/c1-3-24-22(26-13-12-25-21(28)18-5-4-11-23-15-18)27-14-10-19(16-27)17-6-8-20(29-2)9-7-17;/h4-9,11,15,19H,3,10,12-14,16H2,1-2H3,(H,24,26)(H,25,28);1H. The van der Waals surface area contributed by atoms with Gasteiger partial charge in [0.2, 0.25) is 0 Å². The van der Waals surface area contributed by atoms with Gasteiger partial charge in [0.25, 0.3) is 5.91 Å². The number of benzene rings is 1. The molecule has 1 fully saturated rings. The number of nitrogens with zero attached hydrogens (tertiary/aromatic N) is 3. The van der Waals surface area contributed by atoms with Gasteiger partial charge in [0.1, 0.15) is 5.75 Å². The number of halogens is 1. The molecule has 30 heavy (non-hydrogen) atoms. The zero-order valence-electron chi connectivity index (χ0n) is 17.5. The van der Waals surface area contributed by atoms with Gasteiger partial charge in [-0.1, -0.05) is 12.1 Å². The maximum absolute atomic E-state index is 12.1. The predicted molar refractivity (Wildman–Crippen MR) is 130 cm³/mol. The highest BCUT2D eigenvalue weighted by Gasteiger charge is 2.26. The van der Waals surface area contributed by atoms with E-state index in [9.17, 15) is 4.79 Å². The van der Waals surface area contributed by atoms with Gasteiger partial charge in [-0.05, 0) is 43.2 Å².